The number of aliphatic imine (C=N–C) groups is 1. The van der Waals surface area contributed by atoms with Crippen molar-refractivity contribution in [1.82, 2.24) is 4.98 Å². The molecule has 1 rings (SSSR count). The first-order valence-corrected chi connectivity index (χ1v) is 3.78. The van der Waals surface area contributed by atoms with Gasteiger partial charge in [0.25, 0.3) is 0 Å². The van der Waals surface area contributed by atoms with Crippen molar-refractivity contribution in [1.29, 1.82) is 0 Å². The Morgan fingerprint density at radius 3 is 2.50 bits per heavy atom. The van der Waals surface area contributed by atoms with Crippen molar-refractivity contribution in [2.45, 2.75) is 13.8 Å². The predicted octanol–water partition coefficient (Wildman–Crippen LogP) is 2.90. The number of nitrogens with zero attached hydrogens (tertiary/aromatic N) is 1. The number of aliphatic hydroxyl groups is 1. The Labute approximate surface area is 72.5 Å². The van der Waals surface area contributed by atoms with E-state index in [1.165, 1.54) is 0 Å². The summed E-state index contributed by atoms with van der Waals surface area (Å²) in [5.41, 5.74) is 0.593. The van der Waals surface area contributed by atoms with Gasteiger partial charge in [-0.05, 0) is 12.8 Å². The van der Waals surface area contributed by atoms with E-state index >= 15 is 0 Å². The summed E-state index contributed by atoms with van der Waals surface area (Å²) >= 11 is 0. The highest BCUT2D eigenvalue weighted by Gasteiger charge is 2.02. The molecule has 0 aromatic carbocycles. The summed E-state index contributed by atoms with van der Waals surface area (Å²) in [7, 11) is 0. The Kier molecular flexibility index (Phi) is 4.53. The molecule has 0 amide bonds. The SMILES string of the molecule is C=Nc1[nH]ccc1C(=C)O.CC. The maximum absolute atomic E-state index is 8.92. The van der Waals surface area contributed by atoms with Crippen molar-refractivity contribution < 1.29 is 5.11 Å². The molecule has 0 fully saturated rings. The third-order valence-corrected chi connectivity index (χ3v) is 1.19. The first kappa shape index (κ1) is 10.5. The van der Waals surface area contributed by atoms with Crippen LogP contribution in [0.15, 0.2) is 23.8 Å². The fraction of sp³-hybridized carbons (Fsp3) is 0.222. The summed E-state index contributed by atoms with van der Waals surface area (Å²) in [5, 5.41) is 8.92. The van der Waals surface area contributed by atoms with Crippen LogP contribution in [0.2, 0.25) is 0 Å². The molecule has 0 aliphatic rings. The van der Waals surface area contributed by atoms with Gasteiger partial charge in [0.2, 0.25) is 0 Å². The van der Waals surface area contributed by atoms with Crippen molar-refractivity contribution >= 4 is 18.3 Å². The summed E-state index contributed by atoms with van der Waals surface area (Å²) in [6, 6.07) is 1.69. The van der Waals surface area contributed by atoms with E-state index < -0.39 is 0 Å². The van der Waals surface area contributed by atoms with Crippen molar-refractivity contribution in [3.8, 4) is 0 Å². The van der Waals surface area contributed by atoms with Crippen molar-refractivity contribution in [2.24, 2.45) is 4.99 Å². The van der Waals surface area contributed by atoms with Crippen LogP contribution in [0.5, 0.6) is 0 Å². The van der Waals surface area contributed by atoms with Crippen LogP contribution in [-0.4, -0.2) is 16.8 Å². The molecule has 12 heavy (non-hydrogen) atoms. The van der Waals surface area contributed by atoms with Crippen LogP contribution in [0.25, 0.3) is 5.76 Å². The molecule has 0 saturated carbocycles. The third-order valence-electron chi connectivity index (χ3n) is 1.19. The molecule has 0 unspecified atom stereocenters. The summed E-state index contributed by atoms with van der Waals surface area (Å²) in [6.45, 7) is 10.7. The molecule has 0 atom stereocenters. The Bertz CT molecular complexity index is 263. The number of H-pyrrole nitrogens is 1. The molecular weight excluding hydrogens is 152 g/mol. The standard InChI is InChI=1S/C7H8N2O.C2H6/c1-5(10)6-3-4-9-7(6)8-2;1-2/h3-4,9-10H,1-2H2;1-2H3. The molecule has 2 N–H and O–H groups in total. The number of hydrogen-bond donors (Lipinski definition) is 2. The normalized spacial score (nSPS) is 8.17. The lowest BCUT2D eigenvalue weighted by molar-refractivity contribution is 0.514. The minimum absolute atomic E-state index is 0.00338. The molecule has 0 aliphatic carbocycles. The molecule has 0 aliphatic heterocycles. The van der Waals surface area contributed by atoms with Gasteiger partial charge >= 0.3 is 0 Å². The summed E-state index contributed by atoms with van der Waals surface area (Å²) < 4.78 is 0. The zero-order chi connectivity index (χ0) is 9.56. The Balaban J connectivity index is 0.000000561. The number of nitrogens with one attached hydrogen (secondary N) is 1. The van der Waals surface area contributed by atoms with Crippen LogP contribution in [0, 0.1) is 0 Å². The van der Waals surface area contributed by atoms with Gasteiger partial charge in [0.1, 0.15) is 11.6 Å². The average Bonchev–Trinajstić information content (AvgIpc) is 2.55. The molecule has 3 nitrogen and oxygen atoms in total. The van der Waals surface area contributed by atoms with Crippen LogP contribution in [0.3, 0.4) is 0 Å². The monoisotopic (exact) mass is 166 g/mol. The van der Waals surface area contributed by atoms with Gasteiger partial charge in [0.05, 0.1) is 5.56 Å². The molecule has 1 aromatic heterocycles. The van der Waals surface area contributed by atoms with Gasteiger partial charge in [-0.25, -0.2) is 4.99 Å². The second-order valence-corrected chi connectivity index (χ2v) is 1.84. The molecule has 3 heteroatoms. The largest absolute Gasteiger partial charge is 0.508 e. The third kappa shape index (κ3) is 2.27. The van der Waals surface area contributed by atoms with E-state index in [0.717, 1.165) is 0 Å². The van der Waals surface area contributed by atoms with Crippen LogP contribution >= 0.6 is 0 Å². The van der Waals surface area contributed by atoms with Crippen LogP contribution < -0.4 is 0 Å². The van der Waals surface area contributed by atoms with Gasteiger partial charge in [-0.15, -0.1) is 0 Å². The Hall–Kier alpha value is -1.51. The number of aromatic amines is 1. The zero-order valence-corrected chi connectivity index (χ0v) is 7.46. The molecule has 0 radical (unpaired) electrons. The molecule has 0 spiro atoms. The second kappa shape index (κ2) is 5.18. The van der Waals surface area contributed by atoms with E-state index in [2.05, 4.69) is 23.3 Å². The van der Waals surface area contributed by atoms with Crippen LogP contribution in [0.1, 0.15) is 19.4 Å². The first-order valence-electron chi connectivity index (χ1n) is 3.78. The number of hydrogen-bond acceptors (Lipinski definition) is 2. The molecule has 1 heterocycles. The summed E-state index contributed by atoms with van der Waals surface area (Å²) in [4.78, 5) is 6.41. The van der Waals surface area contributed by atoms with E-state index in [0.29, 0.717) is 11.4 Å². The lowest BCUT2D eigenvalue weighted by Crippen LogP contribution is -1.75. The number of aromatic nitrogens is 1. The maximum atomic E-state index is 8.92. The van der Waals surface area contributed by atoms with E-state index in [1.807, 2.05) is 13.8 Å². The fourth-order valence-electron chi connectivity index (χ4n) is 0.724. The predicted molar refractivity (Wildman–Crippen MR) is 53.0 cm³/mol. The Morgan fingerprint density at radius 2 is 2.17 bits per heavy atom. The number of rotatable bonds is 2. The van der Waals surface area contributed by atoms with Gasteiger partial charge in [0, 0.05) is 6.20 Å². The average molecular weight is 166 g/mol. The van der Waals surface area contributed by atoms with E-state index in [-0.39, 0.29) is 5.76 Å². The van der Waals surface area contributed by atoms with Gasteiger partial charge in [-0.1, -0.05) is 20.4 Å². The molecule has 1 aromatic rings. The van der Waals surface area contributed by atoms with Gasteiger partial charge in [-0.3, -0.25) is 0 Å². The first-order chi connectivity index (χ1) is 5.75. The quantitative estimate of drug-likeness (QED) is 0.515. The molecular formula is C9H14N2O. The van der Waals surface area contributed by atoms with Crippen molar-refractivity contribution in [3.63, 3.8) is 0 Å². The van der Waals surface area contributed by atoms with Gasteiger partial charge < -0.3 is 10.1 Å². The minimum Gasteiger partial charge on any atom is -0.508 e. The molecule has 66 valence electrons. The minimum atomic E-state index is 0.00338. The highest BCUT2D eigenvalue weighted by atomic mass is 16.3. The summed E-state index contributed by atoms with van der Waals surface area (Å²) in [5.74, 6) is 0.552. The van der Waals surface area contributed by atoms with Crippen molar-refractivity contribution in [2.75, 3.05) is 0 Å². The lowest BCUT2D eigenvalue weighted by atomic mass is 10.3. The smallest absolute Gasteiger partial charge is 0.140 e. The van der Waals surface area contributed by atoms with Gasteiger partial charge in [-0.2, -0.15) is 0 Å². The van der Waals surface area contributed by atoms with E-state index in [1.54, 1.807) is 12.3 Å². The highest BCUT2D eigenvalue weighted by molar-refractivity contribution is 5.67. The molecule has 0 saturated heterocycles. The summed E-state index contributed by atoms with van der Waals surface area (Å²) in [6.07, 6.45) is 1.67. The molecule has 0 bridgehead atoms. The highest BCUT2D eigenvalue weighted by Crippen LogP contribution is 2.20. The second-order valence-electron chi connectivity index (χ2n) is 1.84. The topological polar surface area (TPSA) is 48.4 Å². The fourth-order valence-corrected chi connectivity index (χ4v) is 0.724. The van der Waals surface area contributed by atoms with Crippen molar-refractivity contribution in [3.05, 3.63) is 24.4 Å². The Morgan fingerprint density at radius 1 is 1.58 bits per heavy atom. The van der Waals surface area contributed by atoms with E-state index in [4.69, 9.17) is 5.11 Å². The zero-order valence-electron chi connectivity index (χ0n) is 7.46. The van der Waals surface area contributed by atoms with Gasteiger partial charge in [0.15, 0.2) is 0 Å². The van der Waals surface area contributed by atoms with Crippen LogP contribution in [-0.2, 0) is 0 Å². The lowest BCUT2D eigenvalue weighted by Gasteiger charge is -1.93. The number of aliphatic hydroxyl groups excluding tert-OH is 1. The van der Waals surface area contributed by atoms with E-state index in [9.17, 15) is 0 Å². The maximum Gasteiger partial charge on any atom is 0.140 e. The van der Waals surface area contributed by atoms with Crippen LogP contribution in [0.4, 0.5) is 5.82 Å².